The van der Waals surface area contributed by atoms with Crippen molar-refractivity contribution in [3.63, 3.8) is 0 Å². The van der Waals surface area contributed by atoms with Gasteiger partial charge < -0.3 is 20.7 Å². The highest BCUT2D eigenvalue weighted by Crippen LogP contribution is 2.04. The second-order valence-corrected chi connectivity index (χ2v) is 5.03. The molecule has 0 aliphatic carbocycles. The number of carbonyl (C=O) groups is 1. The van der Waals surface area contributed by atoms with Gasteiger partial charge in [-0.1, -0.05) is 0 Å². The van der Waals surface area contributed by atoms with Gasteiger partial charge in [-0.25, -0.2) is 0 Å². The van der Waals surface area contributed by atoms with Crippen molar-refractivity contribution in [2.45, 2.75) is 18.5 Å². The molecule has 0 bridgehead atoms. The van der Waals surface area contributed by atoms with Gasteiger partial charge in [0.05, 0.1) is 6.04 Å². The average Bonchev–Trinajstić information content (AvgIpc) is 2.36. The Bertz CT molecular complexity index is 262. The number of methoxy groups -OCH3 is 1. The standard InChI is InChI=1S/C12H26N4O2/c1-15-5-6-16(2)10(9-15)8-14-12(17)11(13)4-7-18-3/h10-11H,4-9,13H2,1-3H3,(H,14,17). The Kier molecular flexibility index (Phi) is 6.56. The van der Waals surface area contributed by atoms with Crippen LogP contribution < -0.4 is 11.1 Å². The topological polar surface area (TPSA) is 70.8 Å². The van der Waals surface area contributed by atoms with Crippen molar-refractivity contribution < 1.29 is 9.53 Å². The zero-order valence-corrected chi connectivity index (χ0v) is 11.7. The molecule has 1 heterocycles. The van der Waals surface area contributed by atoms with Gasteiger partial charge in [-0.15, -0.1) is 0 Å². The molecule has 0 radical (unpaired) electrons. The van der Waals surface area contributed by atoms with Gasteiger partial charge in [0.1, 0.15) is 0 Å². The first-order valence-corrected chi connectivity index (χ1v) is 6.45. The zero-order valence-electron chi connectivity index (χ0n) is 11.7. The van der Waals surface area contributed by atoms with Crippen LogP contribution in [0, 0.1) is 0 Å². The fraction of sp³-hybridized carbons (Fsp3) is 0.917. The molecule has 1 rings (SSSR count). The minimum absolute atomic E-state index is 0.0892. The molecule has 18 heavy (non-hydrogen) atoms. The molecular formula is C12H26N4O2. The molecule has 0 aromatic heterocycles. The number of amides is 1. The van der Waals surface area contributed by atoms with Gasteiger partial charge in [-0.3, -0.25) is 9.69 Å². The Morgan fingerprint density at radius 2 is 2.22 bits per heavy atom. The van der Waals surface area contributed by atoms with Crippen LogP contribution in [0.15, 0.2) is 0 Å². The summed E-state index contributed by atoms with van der Waals surface area (Å²) in [6.45, 7) is 4.26. The van der Waals surface area contributed by atoms with Crippen LogP contribution in [0.1, 0.15) is 6.42 Å². The molecule has 0 spiro atoms. The average molecular weight is 258 g/mol. The summed E-state index contributed by atoms with van der Waals surface area (Å²) in [6, 6.07) is -0.112. The molecule has 106 valence electrons. The highest BCUT2D eigenvalue weighted by atomic mass is 16.5. The molecular weight excluding hydrogens is 232 g/mol. The van der Waals surface area contributed by atoms with E-state index in [0.717, 1.165) is 19.6 Å². The number of ether oxygens (including phenoxy) is 1. The van der Waals surface area contributed by atoms with Crippen LogP contribution in [0.5, 0.6) is 0 Å². The first kappa shape index (κ1) is 15.4. The molecule has 2 unspecified atom stereocenters. The van der Waals surface area contributed by atoms with Crippen LogP contribution in [0.4, 0.5) is 0 Å². The Hall–Kier alpha value is -0.690. The fourth-order valence-electron chi connectivity index (χ4n) is 2.05. The molecule has 0 aromatic carbocycles. The van der Waals surface area contributed by atoms with Crippen LogP contribution >= 0.6 is 0 Å². The van der Waals surface area contributed by atoms with Crippen LogP contribution in [-0.2, 0) is 9.53 Å². The van der Waals surface area contributed by atoms with E-state index in [2.05, 4.69) is 29.2 Å². The number of hydrogen-bond donors (Lipinski definition) is 2. The predicted octanol–water partition coefficient (Wildman–Crippen LogP) is -1.29. The lowest BCUT2D eigenvalue weighted by Gasteiger charge is -2.37. The number of piperazine rings is 1. The first-order valence-electron chi connectivity index (χ1n) is 6.45. The van der Waals surface area contributed by atoms with E-state index in [4.69, 9.17) is 10.5 Å². The quantitative estimate of drug-likeness (QED) is 0.620. The Labute approximate surface area is 109 Å². The molecule has 1 amide bonds. The summed E-state index contributed by atoms with van der Waals surface area (Å²) in [7, 11) is 5.80. The van der Waals surface area contributed by atoms with Crippen molar-refractivity contribution in [1.29, 1.82) is 0 Å². The van der Waals surface area contributed by atoms with Crippen molar-refractivity contribution in [2.24, 2.45) is 5.73 Å². The lowest BCUT2D eigenvalue weighted by Crippen LogP contribution is -2.55. The number of carbonyl (C=O) groups excluding carboxylic acids is 1. The number of nitrogens with one attached hydrogen (secondary N) is 1. The summed E-state index contributed by atoms with van der Waals surface area (Å²) in [5.74, 6) is -0.0892. The van der Waals surface area contributed by atoms with Crippen LogP contribution in [0.2, 0.25) is 0 Å². The Morgan fingerprint density at radius 3 is 2.89 bits per heavy atom. The minimum atomic E-state index is -0.475. The molecule has 2 atom stereocenters. The number of hydrogen-bond acceptors (Lipinski definition) is 5. The highest BCUT2D eigenvalue weighted by molar-refractivity contribution is 5.81. The van der Waals surface area contributed by atoms with Crippen molar-refractivity contribution in [3.8, 4) is 0 Å². The molecule has 6 nitrogen and oxygen atoms in total. The first-order chi connectivity index (χ1) is 8.54. The second kappa shape index (κ2) is 7.68. The molecule has 1 fully saturated rings. The second-order valence-electron chi connectivity index (χ2n) is 5.03. The zero-order chi connectivity index (χ0) is 13.5. The van der Waals surface area contributed by atoms with Crippen LogP contribution in [0.25, 0.3) is 0 Å². The SMILES string of the molecule is COCCC(N)C(=O)NCC1CN(C)CCN1C. The van der Waals surface area contributed by atoms with E-state index < -0.39 is 6.04 Å². The van der Waals surface area contributed by atoms with E-state index in [1.54, 1.807) is 7.11 Å². The summed E-state index contributed by atoms with van der Waals surface area (Å²) >= 11 is 0. The lowest BCUT2D eigenvalue weighted by atomic mass is 10.1. The molecule has 0 aromatic rings. The third-order valence-electron chi connectivity index (χ3n) is 3.46. The van der Waals surface area contributed by atoms with Crippen molar-refractivity contribution in [3.05, 3.63) is 0 Å². The Morgan fingerprint density at radius 1 is 1.50 bits per heavy atom. The summed E-state index contributed by atoms with van der Waals surface area (Å²) < 4.78 is 4.91. The van der Waals surface area contributed by atoms with Gasteiger partial charge in [0.2, 0.25) is 5.91 Å². The summed E-state index contributed by atoms with van der Waals surface area (Å²) in [5, 5.41) is 2.92. The maximum Gasteiger partial charge on any atom is 0.237 e. The van der Waals surface area contributed by atoms with E-state index in [0.29, 0.717) is 25.6 Å². The van der Waals surface area contributed by atoms with Crippen molar-refractivity contribution in [1.82, 2.24) is 15.1 Å². The van der Waals surface area contributed by atoms with E-state index in [-0.39, 0.29) is 5.91 Å². The number of nitrogens with two attached hydrogens (primary N) is 1. The van der Waals surface area contributed by atoms with Crippen LogP contribution in [0.3, 0.4) is 0 Å². The lowest BCUT2D eigenvalue weighted by molar-refractivity contribution is -0.123. The maximum absolute atomic E-state index is 11.8. The van der Waals surface area contributed by atoms with E-state index in [9.17, 15) is 4.79 Å². The number of nitrogens with zero attached hydrogens (tertiary/aromatic N) is 2. The summed E-state index contributed by atoms with van der Waals surface area (Å²) in [6.07, 6.45) is 0.558. The molecule has 1 saturated heterocycles. The largest absolute Gasteiger partial charge is 0.385 e. The summed E-state index contributed by atoms with van der Waals surface area (Å²) in [5.41, 5.74) is 5.76. The third kappa shape index (κ3) is 4.89. The molecule has 1 aliphatic rings. The van der Waals surface area contributed by atoms with Gasteiger partial charge in [0.15, 0.2) is 0 Å². The highest BCUT2D eigenvalue weighted by Gasteiger charge is 2.23. The van der Waals surface area contributed by atoms with Gasteiger partial charge in [-0.05, 0) is 20.5 Å². The van der Waals surface area contributed by atoms with Gasteiger partial charge in [0, 0.05) is 45.9 Å². The number of likely N-dealkylation sites (N-methyl/N-ethyl adjacent to an activating group) is 2. The minimum Gasteiger partial charge on any atom is -0.385 e. The van der Waals surface area contributed by atoms with Crippen molar-refractivity contribution in [2.75, 3.05) is 54.0 Å². The van der Waals surface area contributed by atoms with E-state index >= 15 is 0 Å². The molecule has 3 N–H and O–H groups in total. The van der Waals surface area contributed by atoms with E-state index in [1.165, 1.54) is 0 Å². The fourth-order valence-corrected chi connectivity index (χ4v) is 2.05. The molecule has 0 saturated carbocycles. The monoisotopic (exact) mass is 258 g/mol. The Balaban J connectivity index is 2.28. The smallest absolute Gasteiger partial charge is 0.237 e. The predicted molar refractivity (Wildman–Crippen MR) is 71.4 cm³/mol. The summed E-state index contributed by atoms with van der Waals surface area (Å²) in [4.78, 5) is 16.3. The van der Waals surface area contributed by atoms with Gasteiger partial charge in [0.25, 0.3) is 0 Å². The molecule has 6 heteroatoms. The van der Waals surface area contributed by atoms with Crippen LogP contribution in [-0.4, -0.2) is 81.8 Å². The van der Waals surface area contributed by atoms with Gasteiger partial charge in [-0.2, -0.15) is 0 Å². The normalized spacial score (nSPS) is 23.9. The maximum atomic E-state index is 11.8. The molecule has 1 aliphatic heterocycles. The van der Waals surface area contributed by atoms with Gasteiger partial charge >= 0.3 is 0 Å². The van der Waals surface area contributed by atoms with Crippen molar-refractivity contribution >= 4 is 5.91 Å². The number of rotatable bonds is 6. The third-order valence-corrected chi connectivity index (χ3v) is 3.46. The van der Waals surface area contributed by atoms with E-state index in [1.807, 2.05) is 0 Å².